The highest BCUT2D eigenvalue weighted by molar-refractivity contribution is 5.41. The maximum absolute atomic E-state index is 12.9. The fourth-order valence-electron chi connectivity index (χ4n) is 2.71. The largest absolute Gasteiger partial charge is 0.487 e. The quantitative estimate of drug-likeness (QED) is 0.860. The average Bonchev–Trinajstić information content (AvgIpc) is 2.55. The minimum Gasteiger partial charge on any atom is -0.487 e. The molecule has 0 aromatic carbocycles. The zero-order chi connectivity index (χ0) is 17.2. The Morgan fingerprint density at radius 2 is 2.12 bits per heavy atom. The number of pyridine rings is 1. The van der Waals surface area contributed by atoms with Gasteiger partial charge in [-0.3, -0.25) is 4.98 Å². The maximum atomic E-state index is 12.9. The molecule has 0 aliphatic carbocycles. The van der Waals surface area contributed by atoms with Gasteiger partial charge in [-0.25, -0.2) is 9.97 Å². The number of rotatable bonds is 3. The summed E-state index contributed by atoms with van der Waals surface area (Å²) >= 11 is 0. The first kappa shape index (κ1) is 16.5. The lowest BCUT2D eigenvalue weighted by Crippen LogP contribution is -2.41. The topological polar surface area (TPSA) is 51.1 Å². The molecule has 2 aromatic heterocycles. The molecule has 24 heavy (non-hydrogen) atoms. The van der Waals surface area contributed by atoms with Crippen molar-refractivity contribution in [3.05, 3.63) is 42.1 Å². The average molecular weight is 338 g/mol. The monoisotopic (exact) mass is 338 g/mol. The Hall–Kier alpha value is -2.38. The molecule has 2 aromatic rings. The third kappa shape index (κ3) is 3.93. The van der Waals surface area contributed by atoms with E-state index in [-0.39, 0.29) is 17.7 Å². The first-order chi connectivity index (χ1) is 11.4. The van der Waals surface area contributed by atoms with Crippen LogP contribution in [0.25, 0.3) is 0 Å². The van der Waals surface area contributed by atoms with Crippen LogP contribution in [-0.4, -0.2) is 34.1 Å². The van der Waals surface area contributed by atoms with Crippen molar-refractivity contribution < 1.29 is 17.9 Å². The molecular weight excluding hydrogens is 321 g/mol. The third-order valence-electron chi connectivity index (χ3n) is 3.75. The van der Waals surface area contributed by atoms with Crippen LogP contribution >= 0.6 is 0 Å². The summed E-state index contributed by atoms with van der Waals surface area (Å²) in [4.78, 5) is 13.5. The second kappa shape index (κ2) is 6.62. The van der Waals surface area contributed by atoms with Gasteiger partial charge in [-0.05, 0) is 31.9 Å². The number of anilines is 1. The van der Waals surface area contributed by atoms with Crippen LogP contribution in [0, 0.1) is 6.92 Å². The Morgan fingerprint density at radius 3 is 2.83 bits per heavy atom. The molecule has 1 atom stereocenters. The van der Waals surface area contributed by atoms with E-state index >= 15 is 0 Å². The van der Waals surface area contributed by atoms with Crippen molar-refractivity contribution in [1.82, 2.24) is 15.0 Å². The van der Waals surface area contributed by atoms with Crippen molar-refractivity contribution in [3.8, 4) is 5.75 Å². The molecule has 0 saturated carbocycles. The van der Waals surface area contributed by atoms with Crippen LogP contribution < -0.4 is 9.64 Å². The molecule has 128 valence electrons. The SMILES string of the molecule is Cc1nc(N2CCCC(Oc3cccnc3)C2)cc(C(F)(F)F)n1. The molecule has 0 spiro atoms. The summed E-state index contributed by atoms with van der Waals surface area (Å²) in [5.41, 5.74) is -0.916. The Morgan fingerprint density at radius 1 is 1.29 bits per heavy atom. The first-order valence-corrected chi connectivity index (χ1v) is 7.66. The molecule has 3 heterocycles. The van der Waals surface area contributed by atoms with Crippen LogP contribution in [0.15, 0.2) is 30.6 Å². The summed E-state index contributed by atoms with van der Waals surface area (Å²) in [6, 6.07) is 4.58. The van der Waals surface area contributed by atoms with Gasteiger partial charge in [-0.2, -0.15) is 13.2 Å². The molecular formula is C16H17F3N4O. The van der Waals surface area contributed by atoms with Gasteiger partial charge in [0.05, 0.1) is 12.7 Å². The Kier molecular flexibility index (Phi) is 4.55. The fourth-order valence-corrected chi connectivity index (χ4v) is 2.71. The second-order valence-electron chi connectivity index (χ2n) is 5.67. The van der Waals surface area contributed by atoms with E-state index in [1.165, 1.54) is 6.92 Å². The molecule has 0 N–H and O–H groups in total. The van der Waals surface area contributed by atoms with E-state index in [4.69, 9.17) is 4.74 Å². The fraction of sp³-hybridized carbons (Fsp3) is 0.438. The van der Waals surface area contributed by atoms with E-state index in [9.17, 15) is 13.2 Å². The molecule has 1 aliphatic heterocycles. The zero-order valence-corrected chi connectivity index (χ0v) is 13.1. The van der Waals surface area contributed by atoms with Crippen molar-refractivity contribution in [3.63, 3.8) is 0 Å². The van der Waals surface area contributed by atoms with E-state index in [0.29, 0.717) is 18.8 Å². The normalized spacial score (nSPS) is 18.5. The third-order valence-corrected chi connectivity index (χ3v) is 3.75. The van der Waals surface area contributed by atoms with Gasteiger partial charge < -0.3 is 9.64 Å². The van der Waals surface area contributed by atoms with Crippen LogP contribution in [-0.2, 0) is 6.18 Å². The van der Waals surface area contributed by atoms with Crippen molar-refractivity contribution in [2.75, 3.05) is 18.0 Å². The number of ether oxygens (including phenoxy) is 1. The number of alkyl halides is 3. The first-order valence-electron chi connectivity index (χ1n) is 7.66. The number of aromatic nitrogens is 3. The van der Waals surface area contributed by atoms with Crippen molar-refractivity contribution >= 4 is 5.82 Å². The molecule has 0 radical (unpaired) electrons. The molecule has 1 aliphatic rings. The smallest absolute Gasteiger partial charge is 0.433 e. The van der Waals surface area contributed by atoms with Crippen LogP contribution in [0.3, 0.4) is 0 Å². The van der Waals surface area contributed by atoms with Gasteiger partial charge in [0.25, 0.3) is 0 Å². The highest BCUT2D eigenvalue weighted by Crippen LogP contribution is 2.30. The Balaban J connectivity index is 1.76. The Bertz CT molecular complexity index is 693. The minimum absolute atomic E-state index is 0.107. The molecule has 1 unspecified atom stereocenters. The lowest BCUT2D eigenvalue weighted by atomic mass is 10.1. The number of nitrogens with zero attached hydrogens (tertiary/aromatic N) is 4. The summed E-state index contributed by atoms with van der Waals surface area (Å²) in [6.07, 6.45) is 0.325. The van der Waals surface area contributed by atoms with Gasteiger partial charge in [0, 0.05) is 18.8 Å². The number of halogens is 3. The molecule has 0 amide bonds. The predicted molar refractivity (Wildman–Crippen MR) is 81.9 cm³/mol. The zero-order valence-electron chi connectivity index (χ0n) is 13.1. The van der Waals surface area contributed by atoms with Crippen molar-refractivity contribution in [2.45, 2.75) is 32.0 Å². The predicted octanol–water partition coefficient (Wildman–Crippen LogP) is 3.25. The van der Waals surface area contributed by atoms with Crippen molar-refractivity contribution in [1.29, 1.82) is 0 Å². The summed E-state index contributed by atoms with van der Waals surface area (Å²) in [6.45, 7) is 2.58. The van der Waals surface area contributed by atoms with Gasteiger partial charge in [0.2, 0.25) is 0 Å². The summed E-state index contributed by atoms with van der Waals surface area (Å²) < 4.78 is 44.7. The van der Waals surface area contributed by atoms with E-state index in [1.54, 1.807) is 18.5 Å². The number of hydrogen-bond acceptors (Lipinski definition) is 5. The van der Waals surface area contributed by atoms with Crippen LogP contribution in [0.2, 0.25) is 0 Å². The molecule has 5 nitrogen and oxygen atoms in total. The van der Waals surface area contributed by atoms with Gasteiger partial charge >= 0.3 is 6.18 Å². The molecule has 1 fully saturated rings. The van der Waals surface area contributed by atoms with Gasteiger partial charge in [-0.1, -0.05) is 0 Å². The van der Waals surface area contributed by atoms with Crippen LogP contribution in [0.4, 0.5) is 19.0 Å². The lowest BCUT2D eigenvalue weighted by Gasteiger charge is -2.33. The second-order valence-corrected chi connectivity index (χ2v) is 5.67. The van der Waals surface area contributed by atoms with Gasteiger partial charge in [0.1, 0.15) is 29.2 Å². The lowest BCUT2D eigenvalue weighted by molar-refractivity contribution is -0.141. The summed E-state index contributed by atoms with van der Waals surface area (Å²) in [7, 11) is 0. The van der Waals surface area contributed by atoms with E-state index < -0.39 is 11.9 Å². The van der Waals surface area contributed by atoms with Gasteiger partial charge in [-0.15, -0.1) is 0 Å². The van der Waals surface area contributed by atoms with Crippen molar-refractivity contribution in [2.24, 2.45) is 0 Å². The summed E-state index contributed by atoms with van der Waals surface area (Å²) in [5, 5.41) is 0. The molecule has 8 heteroatoms. The van der Waals surface area contributed by atoms with Crippen LogP contribution in [0.1, 0.15) is 24.4 Å². The van der Waals surface area contributed by atoms with E-state index in [1.807, 2.05) is 11.0 Å². The van der Waals surface area contributed by atoms with Gasteiger partial charge in [0.15, 0.2) is 0 Å². The van der Waals surface area contributed by atoms with E-state index in [0.717, 1.165) is 18.9 Å². The molecule has 0 bridgehead atoms. The van der Waals surface area contributed by atoms with E-state index in [2.05, 4.69) is 15.0 Å². The highest BCUT2D eigenvalue weighted by atomic mass is 19.4. The summed E-state index contributed by atoms with van der Waals surface area (Å²) in [5.74, 6) is 1.05. The maximum Gasteiger partial charge on any atom is 0.433 e. The number of hydrogen-bond donors (Lipinski definition) is 0. The highest BCUT2D eigenvalue weighted by Gasteiger charge is 2.34. The van der Waals surface area contributed by atoms with Crippen LogP contribution in [0.5, 0.6) is 5.75 Å². The Labute approximate surface area is 137 Å². The molecule has 1 saturated heterocycles. The molecule has 3 rings (SSSR count). The standard InChI is InChI=1S/C16H17F3N4O/c1-11-21-14(16(17,18)19)8-15(22-11)23-7-3-5-13(10-23)24-12-4-2-6-20-9-12/h2,4,6,8-9,13H,3,5,7,10H2,1H3. The number of piperidine rings is 1. The number of aryl methyl sites for hydroxylation is 1. The minimum atomic E-state index is -4.48.